The van der Waals surface area contributed by atoms with Crippen LogP contribution in [-0.4, -0.2) is 35.1 Å². The number of rotatable bonds is 11. The number of carbonyl (C=O) groups excluding carboxylic acids is 2. The Morgan fingerprint density at radius 2 is 1.44 bits per heavy atom. The van der Waals surface area contributed by atoms with Crippen LogP contribution < -0.4 is 5.32 Å². The van der Waals surface area contributed by atoms with Crippen LogP contribution in [-0.2, 0) is 28.3 Å². The van der Waals surface area contributed by atoms with Gasteiger partial charge in [0.15, 0.2) is 0 Å². The predicted octanol–water partition coefficient (Wildman–Crippen LogP) is 6.22. The van der Waals surface area contributed by atoms with Crippen molar-refractivity contribution in [3.8, 4) is 0 Å². The zero-order valence-electron chi connectivity index (χ0n) is 19.0. The fourth-order valence-electron chi connectivity index (χ4n) is 3.55. The van der Waals surface area contributed by atoms with Gasteiger partial charge in [0.1, 0.15) is 6.04 Å². The number of nitrogens with one attached hydrogen (secondary N) is 1. The number of hydrogen-bond acceptors (Lipinski definition) is 3. The molecular weight excluding hydrogens is 576 g/mol. The first-order valence-electron chi connectivity index (χ1n) is 11.1. The number of thioether (sulfide) groups is 1. The summed E-state index contributed by atoms with van der Waals surface area (Å²) < 4.78 is 2.01. The minimum Gasteiger partial charge on any atom is -0.355 e. The maximum atomic E-state index is 13.5. The lowest BCUT2D eigenvalue weighted by Gasteiger charge is -2.31. The van der Waals surface area contributed by atoms with Gasteiger partial charge in [0.2, 0.25) is 11.8 Å². The normalized spacial score (nSPS) is 11.6. The second kappa shape index (κ2) is 13.7. The maximum Gasteiger partial charge on any atom is 0.243 e. The molecule has 0 radical (unpaired) electrons. The molecule has 0 saturated heterocycles. The Labute approximate surface area is 222 Å². The van der Waals surface area contributed by atoms with E-state index in [9.17, 15) is 9.59 Å². The van der Waals surface area contributed by atoms with Gasteiger partial charge in [-0.15, -0.1) is 11.8 Å². The standard InChI is InChI=1S/C27H28Br2N2O2S/c1-2-30-27(33)25(16-20-6-4-3-5-7-20)31(17-21-8-12-23(28)13-9-21)26(32)19-34-18-22-10-14-24(29)15-11-22/h3-15,25H,2,16-19H2,1H3,(H,30,33). The molecule has 0 spiro atoms. The molecule has 178 valence electrons. The monoisotopic (exact) mass is 602 g/mol. The van der Waals surface area contributed by atoms with Gasteiger partial charge in [-0.25, -0.2) is 0 Å². The van der Waals surface area contributed by atoms with E-state index < -0.39 is 6.04 Å². The SMILES string of the molecule is CCNC(=O)C(Cc1ccccc1)N(Cc1ccc(Br)cc1)C(=O)CSCc1ccc(Br)cc1. The highest BCUT2D eigenvalue weighted by Gasteiger charge is 2.30. The summed E-state index contributed by atoms with van der Waals surface area (Å²) in [4.78, 5) is 28.4. The molecule has 34 heavy (non-hydrogen) atoms. The number of carbonyl (C=O) groups is 2. The Morgan fingerprint density at radius 1 is 0.853 bits per heavy atom. The van der Waals surface area contributed by atoms with Crippen LogP contribution in [0.15, 0.2) is 87.8 Å². The summed E-state index contributed by atoms with van der Waals surface area (Å²) in [7, 11) is 0. The van der Waals surface area contributed by atoms with E-state index >= 15 is 0 Å². The van der Waals surface area contributed by atoms with Crippen molar-refractivity contribution in [2.45, 2.75) is 31.7 Å². The third-order valence-electron chi connectivity index (χ3n) is 5.30. The van der Waals surface area contributed by atoms with Crippen molar-refractivity contribution in [1.29, 1.82) is 0 Å². The molecule has 0 aliphatic rings. The van der Waals surface area contributed by atoms with Crippen LogP contribution in [0.1, 0.15) is 23.6 Å². The zero-order chi connectivity index (χ0) is 24.3. The largest absolute Gasteiger partial charge is 0.355 e. The minimum atomic E-state index is -0.591. The van der Waals surface area contributed by atoms with E-state index in [0.717, 1.165) is 31.4 Å². The van der Waals surface area contributed by atoms with E-state index in [-0.39, 0.29) is 11.8 Å². The van der Waals surface area contributed by atoms with Crippen LogP contribution in [0.2, 0.25) is 0 Å². The number of amides is 2. The van der Waals surface area contributed by atoms with Crippen LogP contribution in [0.5, 0.6) is 0 Å². The Kier molecular flexibility index (Phi) is 10.7. The highest BCUT2D eigenvalue weighted by Crippen LogP contribution is 2.20. The second-order valence-electron chi connectivity index (χ2n) is 7.87. The van der Waals surface area contributed by atoms with Crippen LogP contribution in [0.4, 0.5) is 0 Å². The molecule has 0 aromatic heterocycles. The van der Waals surface area contributed by atoms with Gasteiger partial charge in [-0.1, -0.05) is 86.5 Å². The quantitative estimate of drug-likeness (QED) is 0.283. The van der Waals surface area contributed by atoms with Crippen LogP contribution in [0.25, 0.3) is 0 Å². The second-order valence-corrected chi connectivity index (χ2v) is 10.7. The third-order valence-corrected chi connectivity index (χ3v) is 7.34. The van der Waals surface area contributed by atoms with Gasteiger partial charge in [-0.3, -0.25) is 9.59 Å². The van der Waals surface area contributed by atoms with E-state index in [4.69, 9.17) is 0 Å². The summed E-state index contributed by atoms with van der Waals surface area (Å²) in [6.45, 7) is 2.79. The first-order chi connectivity index (χ1) is 16.5. The summed E-state index contributed by atoms with van der Waals surface area (Å²) in [5.74, 6) is 0.861. The number of halogens is 2. The molecule has 1 N–H and O–H groups in total. The molecule has 1 atom stereocenters. The average Bonchev–Trinajstić information content (AvgIpc) is 2.84. The van der Waals surface area contributed by atoms with Gasteiger partial charge in [-0.2, -0.15) is 0 Å². The van der Waals surface area contributed by atoms with Crippen molar-refractivity contribution in [3.63, 3.8) is 0 Å². The highest BCUT2D eigenvalue weighted by molar-refractivity contribution is 9.10. The van der Waals surface area contributed by atoms with Crippen molar-refractivity contribution >= 4 is 55.4 Å². The Hall–Kier alpha value is -2.09. The number of hydrogen-bond donors (Lipinski definition) is 1. The van der Waals surface area contributed by atoms with Crippen LogP contribution in [0, 0.1) is 0 Å². The molecule has 4 nitrogen and oxygen atoms in total. The van der Waals surface area contributed by atoms with Crippen molar-refractivity contribution in [3.05, 3.63) is 104 Å². The van der Waals surface area contributed by atoms with Crippen molar-refractivity contribution in [2.75, 3.05) is 12.3 Å². The van der Waals surface area contributed by atoms with E-state index in [1.165, 1.54) is 0 Å². The third kappa shape index (κ3) is 8.29. The summed E-state index contributed by atoms with van der Waals surface area (Å²) in [6, 6.07) is 25.3. The number of nitrogens with zero attached hydrogens (tertiary/aromatic N) is 1. The Bertz CT molecular complexity index is 1060. The molecule has 0 heterocycles. The van der Waals surface area contributed by atoms with E-state index in [1.54, 1.807) is 16.7 Å². The lowest BCUT2D eigenvalue weighted by atomic mass is 10.0. The van der Waals surface area contributed by atoms with Crippen molar-refractivity contribution in [1.82, 2.24) is 10.2 Å². The molecule has 0 aliphatic heterocycles. The fourth-order valence-corrected chi connectivity index (χ4v) is 4.95. The summed E-state index contributed by atoms with van der Waals surface area (Å²) in [5.41, 5.74) is 3.16. The van der Waals surface area contributed by atoms with E-state index in [1.807, 2.05) is 85.8 Å². The van der Waals surface area contributed by atoms with E-state index in [0.29, 0.717) is 25.3 Å². The zero-order valence-corrected chi connectivity index (χ0v) is 23.0. The summed E-state index contributed by atoms with van der Waals surface area (Å²) in [5, 5.41) is 2.93. The number of benzene rings is 3. The molecule has 0 fully saturated rings. The molecule has 2 amide bonds. The molecule has 3 aromatic rings. The van der Waals surface area contributed by atoms with Crippen LogP contribution >= 0.6 is 43.6 Å². The molecule has 0 bridgehead atoms. The average molecular weight is 604 g/mol. The first kappa shape index (κ1) is 26.5. The lowest BCUT2D eigenvalue weighted by Crippen LogP contribution is -2.51. The topological polar surface area (TPSA) is 49.4 Å². The van der Waals surface area contributed by atoms with Gasteiger partial charge >= 0.3 is 0 Å². The Morgan fingerprint density at radius 3 is 2.03 bits per heavy atom. The lowest BCUT2D eigenvalue weighted by molar-refractivity contribution is -0.139. The van der Waals surface area contributed by atoms with Gasteiger partial charge in [-0.05, 0) is 47.9 Å². The molecule has 7 heteroatoms. The van der Waals surface area contributed by atoms with Crippen LogP contribution in [0.3, 0.4) is 0 Å². The molecule has 0 saturated carbocycles. The highest BCUT2D eigenvalue weighted by atomic mass is 79.9. The fraction of sp³-hybridized carbons (Fsp3) is 0.259. The van der Waals surface area contributed by atoms with Gasteiger partial charge < -0.3 is 10.2 Å². The van der Waals surface area contributed by atoms with Crippen molar-refractivity contribution < 1.29 is 9.59 Å². The molecular formula is C27H28Br2N2O2S. The van der Waals surface area contributed by atoms with Crippen molar-refractivity contribution in [2.24, 2.45) is 0 Å². The molecule has 3 aromatic carbocycles. The molecule has 1 unspecified atom stereocenters. The minimum absolute atomic E-state index is 0.0442. The molecule has 0 aliphatic carbocycles. The van der Waals surface area contributed by atoms with Gasteiger partial charge in [0.05, 0.1) is 5.75 Å². The molecule has 3 rings (SSSR count). The summed E-state index contributed by atoms with van der Waals surface area (Å²) in [6.07, 6.45) is 0.465. The smallest absolute Gasteiger partial charge is 0.243 e. The van der Waals surface area contributed by atoms with Gasteiger partial charge in [0, 0.05) is 34.2 Å². The van der Waals surface area contributed by atoms with Gasteiger partial charge in [0.25, 0.3) is 0 Å². The first-order valence-corrected chi connectivity index (χ1v) is 13.9. The van der Waals surface area contributed by atoms with E-state index in [2.05, 4.69) is 37.2 Å². The predicted molar refractivity (Wildman–Crippen MR) is 148 cm³/mol. The summed E-state index contributed by atoms with van der Waals surface area (Å²) >= 11 is 8.48. The number of likely N-dealkylation sites (N-methyl/N-ethyl adjacent to an activating group) is 1. The Balaban J connectivity index is 1.81. The maximum absolute atomic E-state index is 13.5.